The Morgan fingerprint density at radius 2 is 2.26 bits per heavy atom. The average Bonchev–Trinajstić information content (AvgIpc) is 2.71. The van der Waals surface area contributed by atoms with E-state index in [0.29, 0.717) is 0 Å². The lowest BCUT2D eigenvalue weighted by Crippen LogP contribution is -2.38. The number of rotatable bonds is 4. The summed E-state index contributed by atoms with van der Waals surface area (Å²) in [5.74, 6) is -0.0444. The van der Waals surface area contributed by atoms with Gasteiger partial charge in [-0.1, -0.05) is 6.07 Å². The van der Waals surface area contributed by atoms with E-state index in [1.54, 1.807) is 24.1 Å². The van der Waals surface area contributed by atoms with Gasteiger partial charge in [0.25, 0.3) is 0 Å². The molecular formula is C14H19FN2O2. The second-order valence-corrected chi connectivity index (χ2v) is 4.88. The largest absolute Gasteiger partial charge is 0.494 e. The zero-order valence-electron chi connectivity index (χ0n) is 11.4. The lowest BCUT2D eigenvalue weighted by atomic mass is 10.1. The van der Waals surface area contributed by atoms with Crippen LogP contribution >= 0.6 is 0 Å². The highest BCUT2D eigenvalue weighted by Crippen LogP contribution is 2.23. The molecule has 104 valence electrons. The Kier molecular flexibility index (Phi) is 4.04. The molecule has 1 heterocycles. The third-order valence-electron chi connectivity index (χ3n) is 3.55. The van der Waals surface area contributed by atoms with E-state index in [1.165, 1.54) is 13.2 Å². The van der Waals surface area contributed by atoms with E-state index < -0.39 is 0 Å². The molecule has 1 aliphatic heterocycles. The first-order valence-corrected chi connectivity index (χ1v) is 6.37. The Morgan fingerprint density at radius 1 is 1.53 bits per heavy atom. The van der Waals surface area contributed by atoms with Crippen LogP contribution < -0.4 is 10.1 Å². The third-order valence-corrected chi connectivity index (χ3v) is 3.55. The van der Waals surface area contributed by atoms with E-state index in [1.807, 2.05) is 6.92 Å². The van der Waals surface area contributed by atoms with Gasteiger partial charge >= 0.3 is 0 Å². The molecule has 1 aliphatic rings. The standard InChI is InChI=1S/C14H19FN2O2/c1-9(16-12-6-7-17(2)14(12)18)10-4-5-11(15)13(8-10)19-3/h4-5,8-9,12,16H,6-7H2,1-3H3. The molecule has 4 nitrogen and oxygen atoms in total. The summed E-state index contributed by atoms with van der Waals surface area (Å²) in [6.07, 6.45) is 0.804. The van der Waals surface area contributed by atoms with Crippen LogP contribution in [0.2, 0.25) is 0 Å². The van der Waals surface area contributed by atoms with E-state index in [-0.39, 0.29) is 29.6 Å². The lowest BCUT2D eigenvalue weighted by molar-refractivity contribution is -0.128. The van der Waals surface area contributed by atoms with Crippen molar-refractivity contribution >= 4 is 5.91 Å². The number of amides is 1. The van der Waals surface area contributed by atoms with Gasteiger partial charge in [0, 0.05) is 19.6 Å². The van der Waals surface area contributed by atoms with Crippen LogP contribution in [0.5, 0.6) is 5.75 Å². The minimum atomic E-state index is -0.380. The molecule has 0 radical (unpaired) electrons. The quantitative estimate of drug-likeness (QED) is 0.902. The van der Waals surface area contributed by atoms with Gasteiger partial charge in [0.1, 0.15) is 0 Å². The van der Waals surface area contributed by atoms with E-state index in [4.69, 9.17) is 4.74 Å². The van der Waals surface area contributed by atoms with Gasteiger partial charge in [-0.2, -0.15) is 0 Å². The zero-order chi connectivity index (χ0) is 14.0. The van der Waals surface area contributed by atoms with Crippen LogP contribution in [0.1, 0.15) is 24.9 Å². The lowest BCUT2D eigenvalue weighted by Gasteiger charge is -2.19. The Balaban J connectivity index is 2.08. The van der Waals surface area contributed by atoms with Crippen molar-refractivity contribution in [3.63, 3.8) is 0 Å². The van der Waals surface area contributed by atoms with Crippen LogP contribution in [0.25, 0.3) is 0 Å². The first-order valence-electron chi connectivity index (χ1n) is 6.37. The summed E-state index contributed by atoms with van der Waals surface area (Å²) < 4.78 is 18.3. The maximum absolute atomic E-state index is 13.3. The summed E-state index contributed by atoms with van der Waals surface area (Å²) in [6.45, 7) is 2.73. The van der Waals surface area contributed by atoms with Crippen molar-refractivity contribution in [1.82, 2.24) is 10.2 Å². The van der Waals surface area contributed by atoms with Crippen LogP contribution in [-0.4, -0.2) is 37.6 Å². The highest BCUT2D eigenvalue weighted by atomic mass is 19.1. The number of halogens is 1. The van der Waals surface area contributed by atoms with Gasteiger partial charge in [0.2, 0.25) is 5.91 Å². The SMILES string of the molecule is COc1cc(C(C)NC2CCN(C)C2=O)ccc1F. The predicted octanol–water partition coefficient (Wildman–Crippen LogP) is 1.72. The summed E-state index contributed by atoms with van der Waals surface area (Å²) in [7, 11) is 3.24. The van der Waals surface area contributed by atoms with Crippen molar-refractivity contribution in [2.45, 2.75) is 25.4 Å². The molecule has 1 fully saturated rings. The number of carbonyl (C=O) groups excluding carboxylic acids is 1. The van der Waals surface area contributed by atoms with Crippen molar-refractivity contribution in [2.75, 3.05) is 20.7 Å². The summed E-state index contributed by atoms with van der Waals surface area (Å²) in [6, 6.07) is 4.56. The van der Waals surface area contributed by atoms with Crippen molar-refractivity contribution in [2.24, 2.45) is 0 Å². The molecule has 1 aromatic rings. The monoisotopic (exact) mass is 266 g/mol. The molecule has 19 heavy (non-hydrogen) atoms. The van der Waals surface area contributed by atoms with Crippen LogP contribution in [0.4, 0.5) is 4.39 Å². The predicted molar refractivity (Wildman–Crippen MR) is 70.5 cm³/mol. The average molecular weight is 266 g/mol. The molecule has 1 amide bonds. The number of nitrogens with one attached hydrogen (secondary N) is 1. The number of nitrogens with zero attached hydrogens (tertiary/aromatic N) is 1. The van der Waals surface area contributed by atoms with Crippen molar-refractivity contribution < 1.29 is 13.9 Å². The van der Waals surface area contributed by atoms with E-state index in [0.717, 1.165) is 18.5 Å². The number of likely N-dealkylation sites (tertiary alicyclic amines) is 1. The van der Waals surface area contributed by atoms with Crippen molar-refractivity contribution in [3.05, 3.63) is 29.6 Å². The minimum Gasteiger partial charge on any atom is -0.494 e. The maximum Gasteiger partial charge on any atom is 0.239 e. The first kappa shape index (κ1) is 13.8. The number of methoxy groups -OCH3 is 1. The smallest absolute Gasteiger partial charge is 0.239 e. The summed E-state index contributed by atoms with van der Waals surface area (Å²) >= 11 is 0. The van der Waals surface area contributed by atoms with Gasteiger partial charge < -0.3 is 9.64 Å². The number of ether oxygens (including phenoxy) is 1. The zero-order valence-corrected chi connectivity index (χ0v) is 11.4. The summed E-state index contributed by atoms with van der Waals surface area (Å²) in [5.41, 5.74) is 0.903. The summed E-state index contributed by atoms with van der Waals surface area (Å²) in [5, 5.41) is 3.28. The molecule has 1 aromatic carbocycles. The van der Waals surface area contributed by atoms with Crippen molar-refractivity contribution in [3.8, 4) is 5.75 Å². The van der Waals surface area contributed by atoms with Gasteiger partial charge in [-0.05, 0) is 31.0 Å². The van der Waals surface area contributed by atoms with Gasteiger partial charge in [0.05, 0.1) is 13.2 Å². The number of hydrogen-bond acceptors (Lipinski definition) is 3. The minimum absolute atomic E-state index is 0.0325. The molecule has 0 aromatic heterocycles. The number of likely N-dealkylation sites (N-methyl/N-ethyl adjacent to an activating group) is 1. The highest BCUT2D eigenvalue weighted by Gasteiger charge is 2.30. The molecular weight excluding hydrogens is 247 g/mol. The Hall–Kier alpha value is -1.62. The molecule has 2 atom stereocenters. The van der Waals surface area contributed by atoms with Crippen LogP contribution in [0.15, 0.2) is 18.2 Å². The van der Waals surface area contributed by atoms with Crippen LogP contribution in [-0.2, 0) is 4.79 Å². The summed E-state index contributed by atoms with van der Waals surface area (Å²) in [4.78, 5) is 13.5. The maximum atomic E-state index is 13.3. The van der Waals surface area contributed by atoms with E-state index >= 15 is 0 Å². The number of carbonyl (C=O) groups is 1. The van der Waals surface area contributed by atoms with E-state index in [9.17, 15) is 9.18 Å². The molecule has 5 heteroatoms. The van der Waals surface area contributed by atoms with Gasteiger partial charge in [0.15, 0.2) is 11.6 Å². The van der Waals surface area contributed by atoms with E-state index in [2.05, 4.69) is 5.32 Å². The normalized spacial score (nSPS) is 20.7. The fourth-order valence-corrected chi connectivity index (χ4v) is 2.32. The second-order valence-electron chi connectivity index (χ2n) is 4.88. The Morgan fingerprint density at radius 3 is 2.84 bits per heavy atom. The van der Waals surface area contributed by atoms with Gasteiger partial charge in [-0.25, -0.2) is 4.39 Å². The number of benzene rings is 1. The molecule has 1 saturated heterocycles. The second kappa shape index (κ2) is 5.57. The van der Waals surface area contributed by atoms with Gasteiger partial charge in [-0.15, -0.1) is 0 Å². The third kappa shape index (κ3) is 2.87. The fraction of sp³-hybridized carbons (Fsp3) is 0.500. The molecule has 0 bridgehead atoms. The van der Waals surface area contributed by atoms with Crippen LogP contribution in [0.3, 0.4) is 0 Å². The Labute approximate surface area is 112 Å². The first-order chi connectivity index (χ1) is 9.02. The molecule has 0 spiro atoms. The fourth-order valence-electron chi connectivity index (χ4n) is 2.32. The van der Waals surface area contributed by atoms with Crippen molar-refractivity contribution in [1.29, 1.82) is 0 Å². The molecule has 0 aliphatic carbocycles. The highest BCUT2D eigenvalue weighted by molar-refractivity contribution is 5.83. The number of hydrogen-bond donors (Lipinski definition) is 1. The van der Waals surface area contributed by atoms with Gasteiger partial charge in [-0.3, -0.25) is 10.1 Å². The topological polar surface area (TPSA) is 41.6 Å². The molecule has 0 saturated carbocycles. The Bertz CT molecular complexity index is 479. The molecule has 2 rings (SSSR count). The molecule has 2 unspecified atom stereocenters. The molecule has 1 N–H and O–H groups in total. The van der Waals surface area contributed by atoms with Crippen LogP contribution in [0, 0.1) is 5.82 Å².